The van der Waals surface area contributed by atoms with Gasteiger partial charge in [-0.05, 0) is 37.4 Å². The zero-order valence-corrected chi connectivity index (χ0v) is 9.41. The molecule has 0 radical (unpaired) electrons. The van der Waals surface area contributed by atoms with Crippen LogP contribution in [0.2, 0.25) is 0 Å². The van der Waals surface area contributed by atoms with Gasteiger partial charge in [0.05, 0.1) is 0 Å². The highest BCUT2D eigenvalue weighted by atomic mass is 32.2. The molecular weight excluding hydrogens is 178 g/mol. The number of hydrogen-bond donors (Lipinski definition) is 1. The van der Waals surface area contributed by atoms with E-state index >= 15 is 0 Å². The maximum atomic E-state index is 3.85. The molecule has 2 aliphatic rings. The van der Waals surface area contributed by atoms with Gasteiger partial charge in [0.1, 0.15) is 0 Å². The van der Waals surface area contributed by atoms with Gasteiger partial charge in [-0.3, -0.25) is 0 Å². The van der Waals surface area contributed by atoms with Gasteiger partial charge in [0.25, 0.3) is 0 Å². The first-order valence-electron chi connectivity index (χ1n) is 5.70. The van der Waals surface area contributed by atoms with Crippen molar-refractivity contribution in [3.8, 4) is 0 Å². The number of rotatable bonds is 2. The average Bonchev–Trinajstić information content (AvgIpc) is 2.54. The van der Waals surface area contributed by atoms with Gasteiger partial charge >= 0.3 is 0 Å². The molecule has 76 valence electrons. The second kappa shape index (κ2) is 4.70. The van der Waals surface area contributed by atoms with E-state index in [1.165, 1.54) is 43.6 Å². The lowest BCUT2D eigenvalue weighted by Gasteiger charge is -2.28. The van der Waals surface area contributed by atoms with E-state index in [2.05, 4.69) is 24.0 Å². The van der Waals surface area contributed by atoms with Gasteiger partial charge in [0.15, 0.2) is 0 Å². The van der Waals surface area contributed by atoms with Crippen molar-refractivity contribution < 1.29 is 0 Å². The monoisotopic (exact) mass is 199 g/mol. The Balaban J connectivity index is 1.75. The van der Waals surface area contributed by atoms with Gasteiger partial charge < -0.3 is 5.32 Å². The summed E-state index contributed by atoms with van der Waals surface area (Å²) in [6.45, 7) is 2.40. The van der Waals surface area contributed by atoms with Gasteiger partial charge in [-0.15, -0.1) is 0 Å². The molecular formula is C11H21NS. The standard InChI is InChI=1S/C11H21NS/c1-9-4-2-6-11(9)12-10-5-3-7-13-8-10/h9-12H,2-8H2,1H3. The highest BCUT2D eigenvalue weighted by Crippen LogP contribution is 2.27. The highest BCUT2D eigenvalue weighted by Gasteiger charge is 2.26. The van der Waals surface area contributed by atoms with Gasteiger partial charge in [-0.1, -0.05) is 13.3 Å². The largest absolute Gasteiger partial charge is 0.310 e. The summed E-state index contributed by atoms with van der Waals surface area (Å²) < 4.78 is 0. The lowest BCUT2D eigenvalue weighted by molar-refractivity contribution is 0.371. The van der Waals surface area contributed by atoms with Crippen molar-refractivity contribution in [1.82, 2.24) is 5.32 Å². The Morgan fingerprint density at radius 3 is 2.69 bits per heavy atom. The normalized spacial score (nSPS) is 40.8. The third kappa shape index (κ3) is 2.63. The fraction of sp³-hybridized carbons (Fsp3) is 1.00. The molecule has 0 aromatic heterocycles. The Morgan fingerprint density at radius 2 is 2.08 bits per heavy atom. The van der Waals surface area contributed by atoms with Crippen molar-refractivity contribution in [2.45, 2.75) is 51.1 Å². The summed E-state index contributed by atoms with van der Waals surface area (Å²) in [5.74, 6) is 3.66. The quantitative estimate of drug-likeness (QED) is 0.734. The zero-order valence-electron chi connectivity index (χ0n) is 8.59. The molecule has 1 aliphatic heterocycles. The van der Waals surface area contributed by atoms with E-state index in [1.807, 2.05) is 0 Å². The van der Waals surface area contributed by atoms with Crippen LogP contribution in [0.5, 0.6) is 0 Å². The number of hydrogen-bond acceptors (Lipinski definition) is 2. The topological polar surface area (TPSA) is 12.0 Å². The van der Waals surface area contributed by atoms with E-state index in [9.17, 15) is 0 Å². The summed E-state index contributed by atoms with van der Waals surface area (Å²) in [4.78, 5) is 0. The maximum Gasteiger partial charge on any atom is 0.0161 e. The Kier molecular flexibility index (Phi) is 3.56. The molecule has 2 heteroatoms. The molecule has 1 aliphatic carbocycles. The molecule has 0 aromatic carbocycles. The molecule has 0 amide bonds. The van der Waals surface area contributed by atoms with Crippen LogP contribution in [-0.2, 0) is 0 Å². The van der Waals surface area contributed by atoms with Crippen LogP contribution >= 0.6 is 11.8 Å². The molecule has 1 N–H and O–H groups in total. The summed E-state index contributed by atoms with van der Waals surface area (Å²) in [6, 6.07) is 1.66. The van der Waals surface area contributed by atoms with E-state index in [1.54, 1.807) is 0 Å². The molecule has 0 bridgehead atoms. The van der Waals surface area contributed by atoms with Crippen LogP contribution in [0.15, 0.2) is 0 Å². The van der Waals surface area contributed by atoms with Crippen LogP contribution < -0.4 is 5.32 Å². The Bertz CT molecular complexity index is 154. The van der Waals surface area contributed by atoms with Crippen LogP contribution in [0.25, 0.3) is 0 Å². The zero-order chi connectivity index (χ0) is 9.10. The van der Waals surface area contributed by atoms with E-state index in [0.29, 0.717) is 0 Å². The third-order valence-electron chi connectivity index (χ3n) is 3.47. The Morgan fingerprint density at radius 1 is 1.15 bits per heavy atom. The van der Waals surface area contributed by atoms with Crippen molar-refractivity contribution >= 4 is 11.8 Å². The number of nitrogens with one attached hydrogen (secondary N) is 1. The molecule has 1 heterocycles. The van der Waals surface area contributed by atoms with Gasteiger partial charge in [-0.2, -0.15) is 11.8 Å². The van der Waals surface area contributed by atoms with Crippen molar-refractivity contribution in [1.29, 1.82) is 0 Å². The van der Waals surface area contributed by atoms with Gasteiger partial charge in [0, 0.05) is 17.8 Å². The Hall–Kier alpha value is 0.310. The second-order valence-corrected chi connectivity index (χ2v) is 5.75. The van der Waals surface area contributed by atoms with E-state index in [4.69, 9.17) is 0 Å². The number of thioether (sulfide) groups is 1. The fourth-order valence-corrected chi connectivity index (χ4v) is 3.65. The van der Waals surface area contributed by atoms with Crippen LogP contribution in [0.1, 0.15) is 39.0 Å². The second-order valence-electron chi connectivity index (χ2n) is 4.60. The first-order valence-corrected chi connectivity index (χ1v) is 6.85. The molecule has 13 heavy (non-hydrogen) atoms. The van der Waals surface area contributed by atoms with Crippen LogP contribution in [0.4, 0.5) is 0 Å². The third-order valence-corrected chi connectivity index (χ3v) is 4.69. The molecule has 1 saturated heterocycles. The maximum absolute atomic E-state index is 3.85. The first-order chi connectivity index (χ1) is 6.36. The molecule has 2 fully saturated rings. The summed E-state index contributed by atoms with van der Waals surface area (Å²) in [7, 11) is 0. The van der Waals surface area contributed by atoms with Gasteiger partial charge in [0.2, 0.25) is 0 Å². The minimum atomic E-state index is 0.823. The van der Waals surface area contributed by atoms with Crippen molar-refractivity contribution in [3.05, 3.63) is 0 Å². The average molecular weight is 199 g/mol. The molecule has 1 nitrogen and oxygen atoms in total. The van der Waals surface area contributed by atoms with Crippen molar-refractivity contribution in [2.75, 3.05) is 11.5 Å². The summed E-state index contributed by atoms with van der Waals surface area (Å²) in [5.41, 5.74) is 0. The van der Waals surface area contributed by atoms with Crippen LogP contribution in [0, 0.1) is 5.92 Å². The predicted molar refractivity (Wildman–Crippen MR) is 60.3 cm³/mol. The van der Waals surface area contributed by atoms with Crippen molar-refractivity contribution in [3.63, 3.8) is 0 Å². The van der Waals surface area contributed by atoms with Crippen molar-refractivity contribution in [2.24, 2.45) is 5.92 Å². The molecule has 3 unspecified atom stereocenters. The summed E-state index contributed by atoms with van der Waals surface area (Å²) >= 11 is 2.13. The molecule has 3 atom stereocenters. The molecule has 0 aromatic rings. The summed E-state index contributed by atoms with van der Waals surface area (Å²) in [6.07, 6.45) is 7.14. The summed E-state index contributed by atoms with van der Waals surface area (Å²) in [5, 5.41) is 3.85. The van der Waals surface area contributed by atoms with Crippen LogP contribution in [-0.4, -0.2) is 23.6 Å². The first kappa shape index (κ1) is 9.85. The van der Waals surface area contributed by atoms with E-state index < -0.39 is 0 Å². The smallest absolute Gasteiger partial charge is 0.0161 e. The van der Waals surface area contributed by atoms with E-state index in [-0.39, 0.29) is 0 Å². The predicted octanol–water partition coefficient (Wildman–Crippen LogP) is 2.66. The SMILES string of the molecule is CC1CCCC1NC1CCCSC1. The lowest BCUT2D eigenvalue weighted by Crippen LogP contribution is -2.42. The fourth-order valence-electron chi connectivity index (χ4n) is 2.57. The molecule has 0 spiro atoms. The van der Waals surface area contributed by atoms with Crippen LogP contribution in [0.3, 0.4) is 0 Å². The minimum absolute atomic E-state index is 0.823. The Labute approximate surface area is 86.0 Å². The lowest BCUT2D eigenvalue weighted by atomic mass is 10.0. The highest BCUT2D eigenvalue weighted by molar-refractivity contribution is 7.99. The molecule has 2 rings (SSSR count). The minimum Gasteiger partial charge on any atom is -0.310 e. The molecule has 1 saturated carbocycles. The van der Waals surface area contributed by atoms with E-state index in [0.717, 1.165) is 18.0 Å². The van der Waals surface area contributed by atoms with Gasteiger partial charge in [-0.25, -0.2) is 0 Å².